The van der Waals surface area contributed by atoms with Crippen LogP contribution in [0.5, 0.6) is 5.75 Å². The molecule has 6 amide bonds. The van der Waals surface area contributed by atoms with Crippen molar-refractivity contribution in [2.45, 2.75) is 125 Å². The minimum atomic E-state index is -1.47. The first-order valence-corrected chi connectivity index (χ1v) is 29.9. The second kappa shape index (κ2) is 43.8. The highest BCUT2D eigenvalue weighted by Crippen LogP contribution is 2.25. The van der Waals surface area contributed by atoms with E-state index in [0.717, 1.165) is 0 Å². The molecule has 15 N–H and O–H groups in total. The van der Waals surface area contributed by atoms with E-state index in [1.54, 1.807) is 24.3 Å². The summed E-state index contributed by atoms with van der Waals surface area (Å²) in [5.74, 6) is -2.57. The van der Waals surface area contributed by atoms with Crippen LogP contribution in [0.25, 0.3) is 0 Å². The van der Waals surface area contributed by atoms with Crippen LogP contribution < -0.4 is 36.6 Å². The van der Waals surface area contributed by atoms with Crippen LogP contribution in [0.2, 0.25) is 0 Å². The fourth-order valence-electron chi connectivity index (χ4n) is 9.49. The third kappa shape index (κ3) is 28.2. The number of carbonyl (C=O) groups is 6. The number of nitrogens with zero attached hydrogens (tertiary/aromatic N) is 1. The molecule has 0 aromatic heterocycles. The van der Waals surface area contributed by atoms with Crippen LogP contribution in [-0.2, 0) is 92.0 Å². The zero-order valence-corrected chi connectivity index (χ0v) is 51.7. The van der Waals surface area contributed by atoms with Gasteiger partial charge in [-0.2, -0.15) is 0 Å². The number of hydrogen-bond donors (Lipinski definition) is 15. The van der Waals surface area contributed by atoms with E-state index in [-0.39, 0.29) is 125 Å². The normalized spacial score (nSPS) is 26.9. The van der Waals surface area contributed by atoms with Gasteiger partial charge in [-0.25, -0.2) is 0 Å². The van der Waals surface area contributed by atoms with Gasteiger partial charge in [0.25, 0.3) is 0 Å². The summed E-state index contributed by atoms with van der Waals surface area (Å²) in [7, 11) is 1.50. The number of benzene rings is 1. The lowest BCUT2D eigenvalue weighted by molar-refractivity contribution is -0.272. The Morgan fingerprint density at radius 1 is 0.451 bits per heavy atom. The van der Waals surface area contributed by atoms with Crippen molar-refractivity contribution in [2.75, 3.05) is 159 Å². The molecule has 16 atom stereocenters. The Hall–Kier alpha value is -5.04. The first-order valence-electron chi connectivity index (χ1n) is 29.9. The van der Waals surface area contributed by atoms with Gasteiger partial charge in [0.1, 0.15) is 78.8 Å². The van der Waals surface area contributed by atoms with Gasteiger partial charge in [0, 0.05) is 40.4 Å². The molecule has 3 heterocycles. The summed E-state index contributed by atoms with van der Waals surface area (Å²) in [4.78, 5) is 78.0. The van der Waals surface area contributed by atoms with E-state index >= 15 is 0 Å². The molecular weight excluding hydrogens is 1220 g/mol. The van der Waals surface area contributed by atoms with Crippen LogP contribution in [0, 0.1) is 0 Å². The van der Waals surface area contributed by atoms with Crippen molar-refractivity contribution in [1.82, 2.24) is 36.8 Å². The van der Waals surface area contributed by atoms with Crippen molar-refractivity contribution < 1.29 is 136 Å². The number of hydrogen-bond acceptors (Lipinski definition) is 29. The van der Waals surface area contributed by atoms with Gasteiger partial charge < -0.3 is 139 Å². The summed E-state index contributed by atoms with van der Waals surface area (Å²) in [6.07, 6.45) is -15.8. The Kier molecular flexibility index (Phi) is 37.7. The van der Waals surface area contributed by atoms with Gasteiger partial charge in [0.15, 0.2) is 18.9 Å². The lowest BCUT2D eigenvalue weighted by Crippen LogP contribution is -2.64. The molecule has 35 heteroatoms. The van der Waals surface area contributed by atoms with Crippen molar-refractivity contribution >= 4 is 35.4 Å². The van der Waals surface area contributed by atoms with Gasteiger partial charge in [0.2, 0.25) is 35.4 Å². The second-order valence-electron chi connectivity index (χ2n) is 21.0. The lowest BCUT2D eigenvalue weighted by Gasteiger charge is -2.42. The molecule has 0 spiro atoms. The zero-order chi connectivity index (χ0) is 66.7. The van der Waals surface area contributed by atoms with Crippen LogP contribution in [0.1, 0.15) is 26.3 Å². The molecule has 3 aliphatic rings. The molecule has 0 saturated carbocycles. The molecule has 91 heavy (non-hydrogen) atoms. The third-order valence-corrected chi connectivity index (χ3v) is 14.1. The fraction of sp³-hybridized carbons (Fsp3) is 0.786. The highest BCUT2D eigenvalue weighted by molar-refractivity contribution is 5.86. The molecule has 3 fully saturated rings. The largest absolute Gasteiger partial charge is 0.497 e. The number of nitrogens with one attached hydrogen (secondary N) is 6. The average Bonchev–Trinajstić information content (AvgIpc) is 1.06. The molecule has 35 nitrogen and oxygen atoms in total. The van der Waals surface area contributed by atoms with Crippen LogP contribution in [0.3, 0.4) is 0 Å². The summed E-state index contributed by atoms with van der Waals surface area (Å²) >= 11 is 0. The predicted molar refractivity (Wildman–Crippen MR) is 310 cm³/mol. The first-order chi connectivity index (χ1) is 43.7. The van der Waals surface area contributed by atoms with Gasteiger partial charge in [-0.1, -0.05) is 12.1 Å². The number of methoxy groups -OCH3 is 1. The standard InChI is InChI=1S/C56H95N7O28/c1-33(67)60-44-50(75)47(72)39(30-64)89-54(44)86-24-21-83-18-15-80-12-9-57-42(70)28-63(29-43(71)58-10-13-81-16-19-84-22-25-87-55-45(61-34(2)68)51(76)48(73)40(31-65)90-55)38(27-36-5-7-37(79-4)8-6-36)53(78)59-11-14-82-17-20-85-23-26-88-56-46(62-35(3)69)52(77)49(74)41(32-66)91-56/h5-8,38-41,44-52,54-56,64-66,72-77H,9-32H2,1-4H3,(H,57,70)(H,58,71)(H,59,78)(H,60,67)(H,61,68)(H,62,69). The Morgan fingerprint density at radius 2 is 0.758 bits per heavy atom. The summed E-state index contributed by atoms with van der Waals surface area (Å²) < 4.78 is 72.5. The van der Waals surface area contributed by atoms with Crippen molar-refractivity contribution in [1.29, 1.82) is 0 Å². The Balaban J connectivity index is 1.28. The lowest BCUT2D eigenvalue weighted by atomic mass is 9.97. The number of aliphatic hydroxyl groups excluding tert-OH is 9. The van der Waals surface area contributed by atoms with Crippen molar-refractivity contribution in [3.63, 3.8) is 0 Å². The van der Waals surface area contributed by atoms with Gasteiger partial charge >= 0.3 is 0 Å². The molecule has 0 aliphatic carbocycles. The van der Waals surface area contributed by atoms with Gasteiger partial charge in [-0.15, -0.1) is 0 Å². The van der Waals surface area contributed by atoms with Gasteiger partial charge in [0.05, 0.1) is 145 Å². The van der Waals surface area contributed by atoms with Gasteiger partial charge in [-0.05, 0) is 24.1 Å². The second-order valence-corrected chi connectivity index (χ2v) is 21.0. The van der Waals surface area contributed by atoms with Crippen molar-refractivity contribution in [2.24, 2.45) is 0 Å². The number of rotatable bonds is 45. The maximum absolute atomic E-state index is 14.2. The van der Waals surface area contributed by atoms with Gasteiger partial charge in [-0.3, -0.25) is 33.7 Å². The fourth-order valence-corrected chi connectivity index (χ4v) is 9.49. The Labute approximate surface area is 526 Å². The zero-order valence-electron chi connectivity index (χ0n) is 51.7. The summed E-state index contributed by atoms with van der Waals surface area (Å²) in [5, 5.41) is 107. The molecule has 3 aliphatic heterocycles. The van der Waals surface area contributed by atoms with E-state index in [0.29, 0.717) is 11.3 Å². The summed E-state index contributed by atoms with van der Waals surface area (Å²) in [6.45, 7) is 1.81. The van der Waals surface area contributed by atoms with E-state index in [1.165, 1.54) is 32.8 Å². The minimum absolute atomic E-state index is 0.0155. The average molecular weight is 1310 g/mol. The van der Waals surface area contributed by atoms with E-state index in [9.17, 15) is 74.7 Å². The van der Waals surface area contributed by atoms with Crippen molar-refractivity contribution in [3.8, 4) is 5.75 Å². The topological polar surface area (TPSA) is 480 Å². The maximum Gasteiger partial charge on any atom is 0.237 e. The van der Waals surface area contributed by atoms with Crippen molar-refractivity contribution in [3.05, 3.63) is 29.8 Å². The SMILES string of the molecule is COc1ccc(CC(C(=O)NCCOCCOCCOC2OC(CO)C(O)C(O)C2NC(C)=O)N(CC(=O)NCCOCCOCCOC2OC(CO)C(O)C(O)C2NC(C)=O)CC(=O)NCCOCCOCCOC2OC(CO)C(O)C(O)C2NC(C)=O)cc1. The molecule has 4 rings (SSSR count). The number of ether oxygens (including phenoxy) is 13. The molecule has 1 aromatic rings. The predicted octanol–water partition coefficient (Wildman–Crippen LogP) is -8.76. The molecular formula is C56H95N7O28. The molecule has 1 aromatic carbocycles. The molecule has 0 radical (unpaired) electrons. The first kappa shape index (κ1) is 78.4. The molecule has 0 bridgehead atoms. The molecule has 3 saturated heterocycles. The van der Waals surface area contributed by atoms with E-state index < -0.39 is 166 Å². The molecule has 522 valence electrons. The van der Waals surface area contributed by atoms with E-state index in [2.05, 4.69) is 31.9 Å². The Morgan fingerprint density at radius 3 is 1.07 bits per heavy atom. The number of aliphatic hydroxyl groups is 9. The monoisotopic (exact) mass is 1310 g/mol. The summed E-state index contributed by atoms with van der Waals surface area (Å²) in [5.41, 5.74) is 0.673. The molecule has 16 unspecified atom stereocenters. The van der Waals surface area contributed by atoms with E-state index in [1.807, 2.05) is 0 Å². The van der Waals surface area contributed by atoms with Crippen LogP contribution in [0.15, 0.2) is 24.3 Å². The number of amides is 6. The third-order valence-electron chi connectivity index (χ3n) is 14.1. The maximum atomic E-state index is 14.2. The van der Waals surface area contributed by atoms with Crippen LogP contribution in [0.4, 0.5) is 0 Å². The summed E-state index contributed by atoms with van der Waals surface area (Å²) in [6, 6.07) is 2.46. The minimum Gasteiger partial charge on any atom is -0.497 e. The van der Waals surface area contributed by atoms with E-state index in [4.69, 9.17) is 61.6 Å². The highest BCUT2D eigenvalue weighted by Gasteiger charge is 2.48. The van der Waals surface area contributed by atoms with Crippen LogP contribution >= 0.6 is 0 Å². The Bertz CT molecular complexity index is 2170. The number of carbonyl (C=O) groups excluding carboxylic acids is 6. The van der Waals surface area contributed by atoms with Crippen LogP contribution in [-0.4, -0.2) is 343 Å². The smallest absolute Gasteiger partial charge is 0.237 e. The highest BCUT2D eigenvalue weighted by atomic mass is 16.7. The quantitative estimate of drug-likeness (QED) is 0.0270.